The highest BCUT2D eigenvalue weighted by molar-refractivity contribution is 6.04. The minimum atomic E-state index is -0.809. The van der Waals surface area contributed by atoms with Crippen molar-refractivity contribution in [1.29, 1.82) is 0 Å². The zero-order valence-corrected chi connectivity index (χ0v) is 53.4. The number of carbonyl (C=O) groups excluding carboxylic acids is 2. The second-order valence-corrected chi connectivity index (χ2v) is 29.5. The molecule has 0 bridgehead atoms. The molecular formula is C72H94N4O8. The van der Waals surface area contributed by atoms with E-state index in [1.54, 1.807) is 61.3 Å². The molecule has 12 heteroatoms. The summed E-state index contributed by atoms with van der Waals surface area (Å²) in [5.74, 6) is -0.831. The molecule has 4 atom stereocenters. The SMILES string of the molecule is CC(C)(C)c1cc(C=NC2CCCCC2N=Cc2cc(OC(=O)c3ccccc3C(=O)Oc3cc(C=NC4CCCCC4N=Cc4cc(C(C)(C)C)cc(C(C)(C)C)c4O)c(O)c(C(C)(C)C)c3)cc(C(C)(C)C)c2O)c(O)c(C(C)(C)C)c1. The molecule has 0 amide bonds. The number of ether oxygens (including phenoxy) is 2. The second kappa shape index (κ2) is 24.9. The lowest BCUT2D eigenvalue weighted by molar-refractivity contribution is 0.0691. The van der Waals surface area contributed by atoms with E-state index in [2.05, 4.69) is 95.2 Å². The van der Waals surface area contributed by atoms with Gasteiger partial charge in [-0.3, -0.25) is 20.0 Å². The van der Waals surface area contributed by atoms with Crippen LogP contribution in [0.25, 0.3) is 0 Å². The molecule has 0 saturated heterocycles. The van der Waals surface area contributed by atoms with Crippen molar-refractivity contribution in [3.8, 4) is 34.5 Å². The van der Waals surface area contributed by atoms with E-state index in [1.165, 1.54) is 12.1 Å². The molecule has 4 unspecified atom stereocenters. The number of hydrogen-bond acceptors (Lipinski definition) is 12. The molecule has 7 rings (SSSR count). The number of phenols is 4. The van der Waals surface area contributed by atoms with E-state index < -0.39 is 22.8 Å². The van der Waals surface area contributed by atoms with E-state index in [1.807, 2.05) is 53.7 Å². The predicted octanol–water partition coefficient (Wildman–Crippen LogP) is 16.4. The van der Waals surface area contributed by atoms with Crippen molar-refractivity contribution in [1.82, 2.24) is 0 Å². The predicted molar refractivity (Wildman–Crippen MR) is 343 cm³/mol. The van der Waals surface area contributed by atoms with Crippen LogP contribution in [0.5, 0.6) is 34.5 Å². The fraction of sp³-hybridized carbons (Fsp3) is 0.500. The lowest BCUT2D eigenvalue weighted by Gasteiger charge is -2.28. The minimum Gasteiger partial charge on any atom is -0.507 e. The van der Waals surface area contributed by atoms with Crippen molar-refractivity contribution in [3.63, 3.8) is 0 Å². The van der Waals surface area contributed by atoms with Crippen LogP contribution in [0, 0.1) is 0 Å². The lowest BCUT2D eigenvalue weighted by Crippen LogP contribution is -2.27. The number of benzene rings is 5. The van der Waals surface area contributed by atoms with E-state index in [-0.39, 0.29) is 91.5 Å². The van der Waals surface area contributed by atoms with Crippen LogP contribution in [-0.2, 0) is 32.5 Å². The molecule has 84 heavy (non-hydrogen) atoms. The molecule has 2 aliphatic rings. The van der Waals surface area contributed by atoms with Gasteiger partial charge in [0.15, 0.2) is 0 Å². The summed E-state index contributed by atoms with van der Waals surface area (Å²) in [4.78, 5) is 48.8. The molecule has 0 aromatic heterocycles. The summed E-state index contributed by atoms with van der Waals surface area (Å²) in [6.07, 6.45) is 13.9. The third-order valence-electron chi connectivity index (χ3n) is 16.3. The molecular weight excluding hydrogens is 1050 g/mol. The first-order valence-corrected chi connectivity index (χ1v) is 30.1. The highest BCUT2D eigenvalue weighted by Gasteiger charge is 2.31. The van der Waals surface area contributed by atoms with Gasteiger partial charge in [-0.2, -0.15) is 0 Å². The Kier molecular flexibility index (Phi) is 19.1. The number of aromatic hydroxyl groups is 4. The zero-order chi connectivity index (χ0) is 62.1. The van der Waals surface area contributed by atoms with Gasteiger partial charge in [-0.25, -0.2) is 9.59 Å². The molecule has 2 fully saturated rings. The molecule has 12 nitrogen and oxygen atoms in total. The first kappa shape index (κ1) is 64.5. The molecule has 5 aromatic carbocycles. The van der Waals surface area contributed by atoms with Crippen molar-refractivity contribution >= 4 is 36.8 Å². The third kappa shape index (κ3) is 15.6. The number of phenolic OH excluding ortho intramolecular Hbond substituents is 4. The standard InChI is InChI=1S/C72H94N4O8/c1-67(2,3)47-31-43(61(77)53(35-47)69(7,8)9)39-73-57-27-21-23-29-59(57)75-41-45-33-49(37-55(63(45)79)71(13,14)15)83-65(81)51-25-19-20-26-52(51)66(82)84-50-34-46(64(80)56(38-50)72(16,17)18)42-76-60-30-24-22-28-58(60)74-40-44-32-48(68(4,5)6)36-54(62(44)78)70(10,11)12/h19-20,25-26,31-42,57-60,77-80H,21-24,27-30H2,1-18H3. The Morgan fingerprint density at radius 3 is 0.881 bits per heavy atom. The van der Waals surface area contributed by atoms with Crippen molar-refractivity contribution in [2.45, 2.75) is 233 Å². The van der Waals surface area contributed by atoms with Crippen LogP contribution in [0.3, 0.4) is 0 Å². The van der Waals surface area contributed by atoms with Gasteiger partial charge in [0, 0.05) is 69.4 Å². The maximum Gasteiger partial charge on any atom is 0.344 e. The van der Waals surface area contributed by atoms with E-state index in [0.29, 0.717) is 33.4 Å². The van der Waals surface area contributed by atoms with E-state index in [0.717, 1.165) is 73.6 Å². The van der Waals surface area contributed by atoms with Gasteiger partial charge in [0.05, 0.1) is 35.3 Å². The molecule has 5 aromatic rings. The maximum atomic E-state index is 14.3. The van der Waals surface area contributed by atoms with Crippen molar-refractivity contribution in [3.05, 3.63) is 140 Å². The van der Waals surface area contributed by atoms with Crippen molar-refractivity contribution < 1.29 is 39.5 Å². The van der Waals surface area contributed by atoms with Gasteiger partial charge >= 0.3 is 11.9 Å². The Morgan fingerprint density at radius 2 is 0.631 bits per heavy atom. The van der Waals surface area contributed by atoms with Gasteiger partial charge in [0.2, 0.25) is 0 Å². The Morgan fingerprint density at radius 1 is 0.381 bits per heavy atom. The van der Waals surface area contributed by atoms with E-state index >= 15 is 0 Å². The smallest absolute Gasteiger partial charge is 0.344 e. The first-order valence-electron chi connectivity index (χ1n) is 30.1. The summed E-state index contributed by atoms with van der Waals surface area (Å²) in [7, 11) is 0. The summed E-state index contributed by atoms with van der Waals surface area (Å²) in [6, 6.07) is 20.2. The number of carbonyl (C=O) groups is 2. The molecule has 2 saturated carbocycles. The van der Waals surface area contributed by atoms with Gasteiger partial charge < -0.3 is 29.9 Å². The van der Waals surface area contributed by atoms with E-state index in [9.17, 15) is 30.0 Å². The van der Waals surface area contributed by atoms with Crippen molar-refractivity contribution in [2.75, 3.05) is 0 Å². The number of aliphatic imine (C=N–C) groups is 4. The molecule has 0 aliphatic heterocycles. The Hall–Kier alpha value is -7.08. The van der Waals surface area contributed by atoms with Crippen molar-refractivity contribution in [2.24, 2.45) is 20.0 Å². The highest BCUT2D eigenvalue weighted by Crippen LogP contribution is 2.42. The zero-order valence-electron chi connectivity index (χ0n) is 53.4. The first-order chi connectivity index (χ1) is 38.9. The lowest BCUT2D eigenvalue weighted by atomic mass is 9.79. The van der Waals surface area contributed by atoms with Crippen LogP contribution < -0.4 is 9.47 Å². The van der Waals surface area contributed by atoms with Crippen LogP contribution in [0.4, 0.5) is 0 Å². The normalized spacial score (nSPS) is 18.8. The summed E-state index contributed by atoms with van der Waals surface area (Å²) >= 11 is 0. The number of nitrogens with zero attached hydrogens (tertiary/aromatic N) is 4. The van der Waals surface area contributed by atoms with Gasteiger partial charge in [0.25, 0.3) is 0 Å². The number of esters is 2. The maximum absolute atomic E-state index is 14.3. The summed E-state index contributed by atoms with van der Waals surface area (Å²) < 4.78 is 12.2. The van der Waals surface area contributed by atoms with Crippen LogP contribution in [0.1, 0.15) is 252 Å². The topological polar surface area (TPSA) is 183 Å². The number of rotatable bonds is 12. The monoisotopic (exact) mass is 1140 g/mol. The molecule has 0 heterocycles. The van der Waals surface area contributed by atoms with Gasteiger partial charge in [-0.15, -0.1) is 0 Å². The van der Waals surface area contributed by atoms with Crippen LogP contribution in [0.2, 0.25) is 0 Å². The molecule has 0 spiro atoms. The fourth-order valence-electron chi connectivity index (χ4n) is 11.0. The fourth-order valence-corrected chi connectivity index (χ4v) is 11.0. The average Bonchev–Trinajstić information content (AvgIpc) is 1.62. The Balaban J connectivity index is 1.14. The van der Waals surface area contributed by atoms with Crippen LogP contribution >= 0.6 is 0 Å². The van der Waals surface area contributed by atoms with Gasteiger partial charge in [-0.1, -0.05) is 175 Å². The summed E-state index contributed by atoms with van der Waals surface area (Å²) in [6.45, 7) is 37.3. The highest BCUT2D eigenvalue weighted by atomic mass is 16.5. The molecule has 2 aliphatic carbocycles. The molecule has 0 radical (unpaired) electrons. The quantitative estimate of drug-likeness (QED) is 0.0540. The van der Waals surface area contributed by atoms with Crippen LogP contribution in [0.15, 0.2) is 92.8 Å². The third-order valence-corrected chi connectivity index (χ3v) is 16.3. The second-order valence-electron chi connectivity index (χ2n) is 29.5. The number of hydrogen-bond donors (Lipinski definition) is 4. The Labute approximate surface area is 500 Å². The largest absolute Gasteiger partial charge is 0.507 e. The van der Waals surface area contributed by atoms with E-state index in [4.69, 9.17) is 29.4 Å². The minimum absolute atomic E-state index is 0.0122. The summed E-state index contributed by atoms with van der Waals surface area (Å²) in [5.41, 5.74) is 5.04. The average molecular weight is 1140 g/mol. The summed E-state index contributed by atoms with van der Waals surface area (Å²) in [5, 5.41) is 46.6. The van der Waals surface area contributed by atoms with Gasteiger partial charge in [0.1, 0.15) is 34.5 Å². The van der Waals surface area contributed by atoms with Crippen LogP contribution in [-0.4, -0.2) is 81.4 Å². The molecule has 450 valence electrons. The van der Waals surface area contributed by atoms with Gasteiger partial charge in [-0.05, 0) is 118 Å². The Bertz CT molecular complexity index is 3140. The molecule has 4 N–H and O–H groups in total.